The summed E-state index contributed by atoms with van der Waals surface area (Å²) in [6.07, 6.45) is 1.77. The van der Waals surface area contributed by atoms with Crippen molar-refractivity contribution in [1.29, 1.82) is 0 Å². The fourth-order valence-electron chi connectivity index (χ4n) is 1.62. The predicted octanol–water partition coefficient (Wildman–Crippen LogP) is 1.24. The van der Waals surface area contributed by atoms with E-state index in [1.54, 1.807) is 12.3 Å². The van der Waals surface area contributed by atoms with Gasteiger partial charge in [-0.3, -0.25) is 4.79 Å². The number of nitrogens with two attached hydrogens (primary N) is 1. The Balaban J connectivity index is 2.62. The Morgan fingerprint density at radius 3 is 2.88 bits per heavy atom. The Hall–Kier alpha value is -1.49. The number of ether oxygens (including phenoxy) is 1. The van der Waals surface area contributed by atoms with Crippen LogP contribution in [-0.4, -0.2) is 29.7 Å². The Kier molecular flexibility index (Phi) is 5.03. The highest BCUT2D eigenvalue weighted by atomic mass is 16.5. The van der Waals surface area contributed by atoms with Gasteiger partial charge in [0.15, 0.2) is 0 Å². The van der Waals surface area contributed by atoms with Crippen molar-refractivity contribution in [2.45, 2.75) is 33.4 Å². The van der Waals surface area contributed by atoms with Gasteiger partial charge in [-0.05, 0) is 26.8 Å². The van der Waals surface area contributed by atoms with Crippen LogP contribution in [0.1, 0.15) is 31.3 Å². The van der Waals surface area contributed by atoms with Gasteiger partial charge < -0.3 is 20.4 Å². The number of nitrogens with one attached hydrogen (secondary N) is 1. The summed E-state index contributed by atoms with van der Waals surface area (Å²) in [7, 11) is 0. The third-order valence-corrected chi connectivity index (χ3v) is 2.44. The van der Waals surface area contributed by atoms with E-state index in [0.29, 0.717) is 24.6 Å². The van der Waals surface area contributed by atoms with Gasteiger partial charge in [-0.25, -0.2) is 0 Å². The second-order valence-corrected chi connectivity index (χ2v) is 3.98. The van der Waals surface area contributed by atoms with Crippen molar-refractivity contribution in [2.24, 2.45) is 0 Å². The lowest BCUT2D eigenvalue weighted by Crippen LogP contribution is -2.36. The van der Waals surface area contributed by atoms with E-state index in [1.165, 1.54) is 0 Å². The number of carbonyl (C=O) groups excluding carboxylic acids is 1. The number of carbonyl (C=O) groups is 1. The molecule has 0 aliphatic heterocycles. The van der Waals surface area contributed by atoms with E-state index < -0.39 is 0 Å². The lowest BCUT2D eigenvalue weighted by Gasteiger charge is -2.14. The third-order valence-electron chi connectivity index (χ3n) is 2.44. The number of amides is 1. The molecule has 1 amide bonds. The van der Waals surface area contributed by atoms with Gasteiger partial charge in [0.1, 0.15) is 5.69 Å². The average Bonchev–Trinajstić information content (AvgIpc) is 2.67. The smallest absolute Gasteiger partial charge is 0.268 e. The maximum atomic E-state index is 12.0. The van der Waals surface area contributed by atoms with Crippen LogP contribution in [0.3, 0.4) is 0 Å². The SMILES string of the molecule is CCOCC(C)NC(=O)c1cc(N)cn1CC. The summed E-state index contributed by atoms with van der Waals surface area (Å²) in [5.74, 6) is -0.115. The van der Waals surface area contributed by atoms with Crippen LogP contribution in [0, 0.1) is 0 Å². The standard InChI is InChI=1S/C12H21N3O2/c1-4-15-7-10(13)6-11(15)12(16)14-9(3)8-17-5-2/h6-7,9H,4-5,8,13H2,1-3H3,(H,14,16). The van der Waals surface area contributed by atoms with Crippen molar-refractivity contribution in [1.82, 2.24) is 9.88 Å². The Labute approximate surface area is 102 Å². The molecule has 1 unspecified atom stereocenters. The highest BCUT2D eigenvalue weighted by Gasteiger charge is 2.14. The third kappa shape index (κ3) is 3.78. The van der Waals surface area contributed by atoms with Crippen molar-refractivity contribution >= 4 is 11.6 Å². The van der Waals surface area contributed by atoms with Crippen molar-refractivity contribution in [3.05, 3.63) is 18.0 Å². The molecule has 0 radical (unpaired) electrons. The molecule has 96 valence electrons. The number of rotatable bonds is 6. The lowest BCUT2D eigenvalue weighted by molar-refractivity contribution is 0.0863. The average molecular weight is 239 g/mol. The van der Waals surface area contributed by atoms with Gasteiger partial charge in [0.05, 0.1) is 12.3 Å². The molecule has 1 heterocycles. The fourth-order valence-corrected chi connectivity index (χ4v) is 1.62. The largest absolute Gasteiger partial charge is 0.397 e. The normalized spacial score (nSPS) is 12.4. The van der Waals surface area contributed by atoms with E-state index in [0.717, 1.165) is 6.54 Å². The zero-order valence-electron chi connectivity index (χ0n) is 10.7. The molecule has 1 aromatic rings. The molecule has 5 heteroatoms. The predicted molar refractivity (Wildman–Crippen MR) is 67.9 cm³/mol. The van der Waals surface area contributed by atoms with Gasteiger partial charge in [-0.15, -0.1) is 0 Å². The number of anilines is 1. The van der Waals surface area contributed by atoms with Crippen LogP contribution in [-0.2, 0) is 11.3 Å². The molecule has 0 saturated carbocycles. The zero-order chi connectivity index (χ0) is 12.8. The fraction of sp³-hybridized carbons (Fsp3) is 0.583. The molecule has 0 fully saturated rings. The first-order chi connectivity index (χ1) is 8.08. The summed E-state index contributed by atoms with van der Waals surface area (Å²) in [5.41, 5.74) is 6.88. The first-order valence-corrected chi connectivity index (χ1v) is 5.92. The number of hydrogen-bond acceptors (Lipinski definition) is 3. The maximum Gasteiger partial charge on any atom is 0.268 e. The molecule has 3 N–H and O–H groups in total. The minimum atomic E-state index is -0.115. The molecule has 0 spiro atoms. The molecule has 1 atom stereocenters. The second-order valence-electron chi connectivity index (χ2n) is 3.98. The van der Waals surface area contributed by atoms with E-state index in [9.17, 15) is 4.79 Å². The molecule has 17 heavy (non-hydrogen) atoms. The highest BCUT2D eigenvalue weighted by Crippen LogP contribution is 2.10. The molecule has 0 aliphatic rings. The quantitative estimate of drug-likeness (QED) is 0.785. The van der Waals surface area contributed by atoms with Gasteiger partial charge in [-0.2, -0.15) is 0 Å². The Bertz CT molecular complexity index is 374. The van der Waals surface area contributed by atoms with Gasteiger partial charge in [0.25, 0.3) is 5.91 Å². The number of nitrogens with zero attached hydrogens (tertiary/aromatic N) is 1. The summed E-state index contributed by atoms with van der Waals surface area (Å²) >= 11 is 0. The molecule has 0 aliphatic carbocycles. The Morgan fingerprint density at radius 1 is 1.59 bits per heavy atom. The molecular weight excluding hydrogens is 218 g/mol. The molecular formula is C12H21N3O2. The monoisotopic (exact) mass is 239 g/mol. The summed E-state index contributed by atoms with van der Waals surface area (Å²) in [4.78, 5) is 12.0. The van der Waals surface area contributed by atoms with Crippen LogP contribution in [0.25, 0.3) is 0 Å². The topological polar surface area (TPSA) is 69.3 Å². The van der Waals surface area contributed by atoms with Gasteiger partial charge in [-0.1, -0.05) is 0 Å². The first kappa shape index (κ1) is 13.6. The molecule has 5 nitrogen and oxygen atoms in total. The van der Waals surface area contributed by atoms with Gasteiger partial charge in [0, 0.05) is 25.4 Å². The first-order valence-electron chi connectivity index (χ1n) is 5.92. The lowest BCUT2D eigenvalue weighted by atomic mass is 10.3. The molecule has 1 rings (SSSR count). The van der Waals surface area contributed by atoms with Gasteiger partial charge in [0.2, 0.25) is 0 Å². The number of nitrogen functional groups attached to an aromatic ring is 1. The van der Waals surface area contributed by atoms with Crippen molar-refractivity contribution in [3.8, 4) is 0 Å². The summed E-state index contributed by atoms with van der Waals surface area (Å²) in [6.45, 7) is 7.70. The zero-order valence-corrected chi connectivity index (χ0v) is 10.7. The van der Waals surface area contributed by atoms with Crippen molar-refractivity contribution < 1.29 is 9.53 Å². The van der Waals surface area contributed by atoms with Crippen LogP contribution in [0.15, 0.2) is 12.3 Å². The van der Waals surface area contributed by atoms with Crippen molar-refractivity contribution in [3.63, 3.8) is 0 Å². The molecule has 0 saturated heterocycles. The number of aromatic nitrogens is 1. The summed E-state index contributed by atoms with van der Waals surface area (Å²) < 4.78 is 7.08. The van der Waals surface area contributed by atoms with Crippen LogP contribution >= 0.6 is 0 Å². The maximum absolute atomic E-state index is 12.0. The van der Waals surface area contributed by atoms with E-state index >= 15 is 0 Å². The van der Waals surface area contributed by atoms with Gasteiger partial charge >= 0.3 is 0 Å². The van der Waals surface area contributed by atoms with Crippen LogP contribution < -0.4 is 11.1 Å². The van der Waals surface area contributed by atoms with Crippen LogP contribution in [0.2, 0.25) is 0 Å². The number of aryl methyl sites for hydroxylation is 1. The van der Waals surface area contributed by atoms with Crippen LogP contribution in [0.5, 0.6) is 0 Å². The molecule has 0 bridgehead atoms. The summed E-state index contributed by atoms with van der Waals surface area (Å²) in [5, 5.41) is 2.88. The second kappa shape index (κ2) is 6.30. The number of hydrogen-bond donors (Lipinski definition) is 2. The van der Waals surface area contributed by atoms with Crippen molar-refractivity contribution in [2.75, 3.05) is 18.9 Å². The van der Waals surface area contributed by atoms with Crippen LogP contribution in [0.4, 0.5) is 5.69 Å². The minimum absolute atomic E-state index is 0.0103. The van der Waals surface area contributed by atoms with E-state index in [1.807, 2.05) is 25.3 Å². The molecule has 1 aromatic heterocycles. The highest BCUT2D eigenvalue weighted by molar-refractivity contribution is 5.94. The minimum Gasteiger partial charge on any atom is -0.397 e. The van der Waals surface area contributed by atoms with E-state index in [4.69, 9.17) is 10.5 Å². The molecule has 0 aromatic carbocycles. The van der Waals surface area contributed by atoms with E-state index in [-0.39, 0.29) is 11.9 Å². The summed E-state index contributed by atoms with van der Waals surface area (Å²) in [6, 6.07) is 1.68. The van der Waals surface area contributed by atoms with E-state index in [2.05, 4.69) is 5.32 Å². The Morgan fingerprint density at radius 2 is 2.29 bits per heavy atom.